The molecule has 1 aliphatic heterocycles. The number of para-hydroxylation sites is 1. The minimum absolute atomic E-state index is 0.147. The molecule has 3 aromatic rings. The van der Waals surface area contributed by atoms with Crippen molar-refractivity contribution in [3.05, 3.63) is 64.8 Å². The number of aromatic nitrogens is 1. The van der Waals surface area contributed by atoms with Crippen LogP contribution in [0.5, 0.6) is 0 Å². The van der Waals surface area contributed by atoms with Gasteiger partial charge in [-0.2, -0.15) is 0 Å². The van der Waals surface area contributed by atoms with Crippen LogP contribution in [0.2, 0.25) is 5.02 Å². The van der Waals surface area contributed by atoms with Crippen molar-refractivity contribution < 1.29 is 14.3 Å². The van der Waals surface area contributed by atoms with E-state index in [0.29, 0.717) is 24.7 Å². The summed E-state index contributed by atoms with van der Waals surface area (Å²) in [6, 6.07) is 12.5. The molecule has 2 unspecified atom stereocenters. The lowest BCUT2D eigenvalue weighted by Gasteiger charge is -2.38. The topological polar surface area (TPSA) is 89.7 Å². The van der Waals surface area contributed by atoms with Crippen LogP contribution in [0, 0.1) is 5.92 Å². The first kappa shape index (κ1) is 27.0. The Hall–Kier alpha value is -3.07. The number of halogens is 1. The molecule has 0 aliphatic carbocycles. The van der Waals surface area contributed by atoms with Crippen molar-refractivity contribution in [3.8, 4) is 0 Å². The van der Waals surface area contributed by atoms with E-state index in [1.165, 1.54) is 0 Å². The number of rotatable bonds is 9. The largest absolute Gasteiger partial charge is 0.383 e. The van der Waals surface area contributed by atoms with Gasteiger partial charge in [-0.3, -0.25) is 4.79 Å². The molecule has 1 aromatic heterocycles. The molecule has 4 rings (SSSR count). The second-order valence-corrected chi connectivity index (χ2v) is 10.4. The van der Waals surface area contributed by atoms with Crippen LogP contribution < -0.4 is 15.5 Å². The van der Waals surface area contributed by atoms with E-state index in [4.69, 9.17) is 16.3 Å². The summed E-state index contributed by atoms with van der Waals surface area (Å²) < 4.78 is 5.05. The van der Waals surface area contributed by atoms with Gasteiger partial charge in [0.1, 0.15) is 6.04 Å². The van der Waals surface area contributed by atoms with Gasteiger partial charge in [0.05, 0.1) is 6.61 Å². The van der Waals surface area contributed by atoms with Crippen LogP contribution in [0.25, 0.3) is 10.9 Å². The fraction of sp³-hybridized carbons (Fsp3) is 0.429. The lowest BCUT2D eigenvalue weighted by atomic mass is 9.88. The van der Waals surface area contributed by atoms with Crippen LogP contribution in [0.3, 0.4) is 0 Å². The first-order valence-corrected chi connectivity index (χ1v) is 13.0. The molecule has 0 spiro atoms. The standard InChI is InChI=1S/C28H36ClN5O3/c1-18(23-15-31-24-8-6-5-7-22(23)24)26(32-28(36)30-11-12-37-4)27(35)34-17-19(16-33(2)3)13-20-14-21(29)9-10-25(20)34/h5-10,14-15,18-19,26,31H,11-13,16-17H2,1-4H3,(H2,30,32,36)/t18?,19-,26?/m1/s1. The normalized spacial score (nSPS) is 16.9. The third-order valence-corrected chi connectivity index (χ3v) is 7.16. The zero-order chi connectivity index (χ0) is 26.5. The first-order valence-electron chi connectivity index (χ1n) is 12.6. The van der Waals surface area contributed by atoms with Gasteiger partial charge in [0.2, 0.25) is 5.91 Å². The fourth-order valence-electron chi connectivity index (χ4n) is 5.24. The van der Waals surface area contributed by atoms with E-state index in [1.807, 2.05) is 74.6 Å². The Morgan fingerprint density at radius 2 is 2.03 bits per heavy atom. The predicted octanol–water partition coefficient (Wildman–Crippen LogP) is 4.01. The number of H-pyrrole nitrogens is 1. The Kier molecular flexibility index (Phi) is 8.74. The fourth-order valence-corrected chi connectivity index (χ4v) is 5.43. The van der Waals surface area contributed by atoms with E-state index in [9.17, 15) is 9.59 Å². The van der Waals surface area contributed by atoms with Crippen LogP contribution in [0.15, 0.2) is 48.7 Å². The highest BCUT2D eigenvalue weighted by atomic mass is 35.5. The molecule has 0 fully saturated rings. The van der Waals surface area contributed by atoms with Crippen LogP contribution >= 0.6 is 11.6 Å². The van der Waals surface area contributed by atoms with Gasteiger partial charge in [-0.1, -0.05) is 36.7 Å². The average Bonchev–Trinajstić information content (AvgIpc) is 3.30. The number of carbonyl (C=O) groups is 2. The Balaban J connectivity index is 1.69. The van der Waals surface area contributed by atoms with Crippen molar-refractivity contribution in [3.63, 3.8) is 0 Å². The maximum absolute atomic E-state index is 14.3. The number of ether oxygens (including phenoxy) is 1. The van der Waals surface area contributed by atoms with Crippen LogP contribution in [-0.4, -0.2) is 75.3 Å². The molecule has 1 aliphatic rings. The highest BCUT2D eigenvalue weighted by Crippen LogP contribution is 2.35. The minimum atomic E-state index is -0.789. The van der Waals surface area contributed by atoms with Crippen molar-refractivity contribution in [2.75, 3.05) is 52.3 Å². The molecule has 9 heteroatoms. The number of methoxy groups -OCH3 is 1. The molecule has 2 heterocycles. The summed E-state index contributed by atoms with van der Waals surface area (Å²) >= 11 is 6.33. The van der Waals surface area contributed by atoms with Gasteiger partial charge < -0.3 is 30.2 Å². The van der Waals surface area contributed by atoms with Crippen molar-refractivity contribution in [2.24, 2.45) is 5.92 Å². The first-order chi connectivity index (χ1) is 17.8. The number of benzene rings is 2. The van der Waals surface area contributed by atoms with E-state index in [0.717, 1.165) is 40.7 Å². The van der Waals surface area contributed by atoms with Gasteiger partial charge in [-0.05, 0) is 61.8 Å². The van der Waals surface area contributed by atoms with E-state index >= 15 is 0 Å². The molecule has 0 radical (unpaired) electrons. The molecule has 3 N–H and O–H groups in total. The van der Waals surface area contributed by atoms with Crippen LogP contribution in [-0.2, 0) is 16.0 Å². The van der Waals surface area contributed by atoms with Crippen molar-refractivity contribution in [2.45, 2.75) is 25.3 Å². The Labute approximate surface area is 223 Å². The number of nitrogens with one attached hydrogen (secondary N) is 3. The molecule has 2 aromatic carbocycles. The molecule has 0 saturated heterocycles. The zero-order valence-corrected chi connectivity index (χ0v) is 22.6. The monoisotopic (exact) mass is 525 g/mol. The number of aromatic amines is 1. The molecule has 37 heavy (non-hydrogen) atoms. The summed E-state index contributed by atoms with van der Waals surface area (Å²) in [6.45, 7) is 4.12. The lowest BCUT2D eigenvalue weighted by Crippen LogP contribution is -2.56. The Morgan fingerprint density at radius 1 is 1.24 bits per heavy atom. The maximum atomic E-state index is 14.3. The Morgan fingerprint density at radius 3 is 2.78 bits per heavy atom. The minimum Gasteiger partial charge on any atom is -0.383 e. The van der Waals surface area contributed by atoms with E-state index in [2.05, 4.69) is 20.5 Å². The third-order valence-electron chi connectivity index (χ3n) is 6.93. The molecule has 8 nitrogen and oxygen atoms in total. The van der Waals surface area contributed by atoms with Gasteiger partial charge in [-0.25, -0.2) is 4.79 Å². The van der Waals surface area contributed by atoms with Crippen LogP contribution in [0.1, 0.15) is 24.0 Å². The van der Waals surface area contributed by atoms with Gasteiger partial charge >= 0.3 is 6.03 Å². The van der Waals surface area contributed by atoms with E-state index in [1.54, 1.807) is 7.11 Å². The van der Waals surface area contributed by atoms with Crippen molar-refractivity contribution in [1.82, 2.24) is 20.5 Å². The molecule has 0 bridgehead atoms. The highest BCUT2D eigenvalue weighted by molar-refractivity contribution is 6.30. The second-order valence-electron chi connectivity index (χ2n) is 10.0. The second kappa shape index (κ2) is 12.0. The number of amides is 3. The van der Waals surface area contributed by atoms with Gasteiger partial charge in [0.25, 0.3) is 0 Å². The molecule has 3 atom stereocenters. The SMILES string of the molecule is COCCNC(=O)NC(C(=O)N1C[C@@H](CN(C)C)Cc2cc(Cl)ccc21)C(C)c1c[nH]c2ccccc12. The lowest BCUT2D eigenvalue weighted by molar-refractivity contribution is -0.121. The summed E-state index contributed by atoms with van der Waals surface area (Å²) in [6.07, 6.45) is 2.77. The van der Waals surface area contributed by atoms with Gasteiger partial charge in [-0.15, -0.1) is 0 Å². The average molecular weight is 526 g/mol. The molecular weight excluding hydrogens is 490 g/mol. The molecule has 198 valence electrons. The summed E-state index contributed by atoms with van der Waals surface area (Å²) in [5, 5.41) is 7.45. The number of hydrogen-bond acceptors (Lipinski definition) is 4. The predicted molar refractivity (Wildman–Crippen MR) is 148 cm³/mol. The number of nitrogens with zero attached hydrogens (tertiary/aromatic N) is 2. The third kappa shape index (κ3) is 6.26. The summed E-state index contributed by atoms with van der Waals surface area (Å²) in [7, 11) is 5.65. The van der Waals surface area contributed by atoms with Crippen molar-refractivity contribution >= 4 is 40.1 Å². The highest BCUT2D eigenvalue weighted by Gasteiger charge is 2.37. The van der Waals surface area contributed by atoms with Crippen LogP contribution in [0.4, 0.5) is 10.5 Å². The number of urea groups is 1. The zero-order valence-electron chi connectivity index (χ0n) is 21.9. The van der Waals surface area contributed by atoms with E-state index < -0.39 is 12.1 Å². The van der Waals surface area contributed by atoms with Crippen molar-refractivity contribution in [1.29, 1.82) is 0 Å². The van der Waals surface area contributed by atoms with Gasteiger partial charge in [0, 0.05) is 60.5 Å². The van der Waals surface area contributed by atoms with Gasteiger partial charge in [0.15, 0.2) is 0 Å². The molecule has 3 amide bonds. The number of hydrogen-bond donors (Lipinski definition) is 3. The molecule has 0 saturated carbocycles. The maximum Gasteiger partial charge on any atom is 0.315 e. The number of carbonyl (C=O) groups excluding carboxylic acids is 2. The van der Waals surface area contributed by atoms with E-state index in [-0.39, 0.29) is 17.7 Å². The number of fused-ring (bicyclic) bond motifs is 2. The Bertz CT molecular complexity index is 1240. The molecular formula is C28H36ClN5O3. The summed E-state index contributed by atoms with van der Waals surface area (Å²) in [5.74, 6) is -0.196. The summed E-state index contributed by atoms with van der Waals surface area (Å²) in [5.41, 5.74) is 3.86. The quantitative estimate of drug-likeness (QED) is 0.368. The smallest absolute Gasteiger partial charge is 0.315 e. The summed E-state index contributed by atoms with van der Waals surface area (Å²) in [4.78, 5) is 34.5. The number of anilines is 1.